The molecule has 18 heavy (non-hydrogen) atoms. The van der Waals surface area contributed by atoms with Crippen molar-refractivity contribution in [1.29, 1.82) is 0 Å². The molecule has 1 aliphatic heterocycles. The van der Waals surface area contributed by atoms with Crippen molar-refractivity contribution in [1.82, 2.24) is 5.32 Å². The van der Waals surface area contributed by atoms with Crippen molar-refractivity contribution < 1.29 is 19.1 Å². The van der Waals surface area contributed by atoms with Gasteiger partial charge in [0, 0.05) is 5.56 Å². The van der Waals surface area contributed by atoms with Crippen molar-refractivity contribution in [3.05, 3.63) is 23.7 Å². The number of furan rings is 1. The minimum absolute atomic E-state index is 0.189. The Bertz CT molecular complexity index is 462. The molecule has 0 spiro atoms. The van der Waals surface area contributed by atoms with Crippen LogP contribution in [0.2, 0.25) is 0 Å². The van der Waals surface area contributed by atoms with Crippen molar-refractivity contribution in [2.45, 2.75) is 25.3 Å². The van der Waals surface area contributed by atoms with Crippen LogP contribution in [0.1, 0.15) is 29.0 Å². The molecular formula is C12H15NO4S. The fourth-order valence-corrected chi connectivity index (χ4v) is 3.18. The van der Waals surface area contributed by atoms with Crippen molar-refractivity contribution in [3.8, 4) is 0 Å². The first-order valence-corrected chi connectivity index (χ1v) is 6.88. The number of carbonyl (C=O) groups excluding carboxylic acids is 1. The van der Waals surface area contributed by atoms with E-state index < -0.39 is 17.4 Å². The van der Waals surface area contributed by atoms with Gasteiger partial charge in [-0.05, 0) is 37.3 Å². The highest BCUT2D eigenvalue weighted by atomic mass is 32.2. The number of carboxylic acid groups (broad SMARTS) is 1. The van der Waals surface area contributed by atoms with E-state index in [1.807, 2.05) is 0 Å². The molecule has 5 nitrogen and oxygen atoms in total. The normalized spacial score (nSPS) is 18.3. The first-order chi connectivity index (χ1) is 8.55. The number of aliphatic carboxylic acids is 1. The monoisotopic (exact) mass is 269 g/mol. The van der Waals surface area contributed by atoms with E-state index in [0.29, 0.717) is 18.4 Å². The minimum Gasteiger partial charge on any atom is -0.480 e. The van der Waals surface area contributed by atoms with Gasteiger partial charge in [-0.25, -0.2) is 4.79 Å². The number of aryl methyl sites for hydroxylation is 1. The summed E-state index contributed by atoms with van der Waals surface area (Å²) in [4.78, 5) is 23.4. The Balaban J connectivity index is 2.17. The maximum absolute atomic E-state index is 12.0. The summed E-state index contributed by atoms with van der Waals surface area (Å²) in [6, 6.07) is 1.68. The second-order valence-electron chi connectivity index (χ2n) is 4.39. The molecule has 2 rings (SSSR count). The zero-order valence-corrected chi connectivity index (χ0v) is 10.9. The Morgan fingerprint density at radius 1 is 1.44 bits per heavy atom. The van der Waals surface area contributed by atoms with Crippen molar-refractivity contribution in [3.63, 3.8) is 0 Å². The van der Waals surface area contributed by atoms with E-state index in [2.05, 4.69) is 5.32 Å². The summed E-state index contributed by atoms with van der Waals surface area (Å²) in [7, 11) is 0. The number of hydrogen-bond donors (Lipinski definition) is 2. The first kappa shape index (κ1) is 13.0. The van der Waals surface area contributed by atoms with Crippen LogP contribution in [-0.4, -0.2) is 34.0 Å². The molecular weight excluding hydrogens is 254 g/mol. The van der Waals surface area contributed by atoms with Gasteiger partial charge in [-0.3, -0.25) is 4.79 Å². The van der Waals surface area contributed by atoms with E-state index in [1.54, 1.807) is 24.8 Å². The van der Waals surface area contributed by atoms with E-state index in [0.717, 1.165) is 11.5 Å². The molecule has 1 aromatic rings. The molecule has 0 saturated carbocycles. The van der Waals surface area contributed by atoms with Gasteiger partial charge in [0.25, 0.3) is 5.91 Å². The van der Waals surface area contributed by atoms with Gasteiger partial charge in [0.05, 0.1) is 6.26 Å². The highest BCUT2D eigenvalue weighted by Gasteiger charge is 2.42. The average Bonchev–Trinajstić information content (AvgIpc) is 2.76. The molecule has 0 radical (unpaired) electrons. The molecule has 1 saturated heterocycles. The predicted molar refractivity (Wildman–Crippen MR) is 67.8 cm³/mol. The first-order valence-electron chi connectivity index (χ1n) is 5.73. The average molecular weight is 269 g/mol. The number of nitrogens with one attached hydrogen (secondary N) is 1. The van der Waals surface area contributed by atoms with Crippen LogP contribution in [0.4, 0.5) is 0 Å². The highest BCUT2D eigenvalue weighted by Crippen LogP contribution is 2.28. The Kier molecular flexibility index (Phi) is 3.65. The van der Waals surface area contributed by atoms with Gasteiger partial charge in [-0.1, -0.05) is 0 Å². The van der Waals surface area contributed by atoms with Crippen LogP contribution in [0.25, 0.3) is 0 Å². The highest BCUT2D eigenvalue weighted by molar-refractivity contribution is 7.99. The van der Waals surface area contributed by atoms with Gasteiger partial charge >= 0.3 is 5.97 Å². The van der Waals surface area contributed by atoms with Gasteiger partial charge < -0.3 is 14.8 Å². The van der Waals surface area contributed by atoms with E-state index >= 15 is 0 Å². The summed E-state index contributed by atoms with van der Waals surface area (Å²) in [6.07, 6.45) is 2.31. The standard InChI is InChI=1S/C12H15NO4S/c1-8-2-5-17-9(8)10(14)13-12(11(15)16)3-6-18-7-4-12/h2,5H,3-4,6-7H2,1H3,(H,13,14)(H,15,16). The molecule has 0 unspecified atom stereocenters. The third-order valence-corrected chi connectivity index (χ3v) is 4.16. The number of carbonyl (C=O) groups is 2. The van der Waals surface area contributed by atoms with Crippen molar-refractivity contribution in [2.24, 2.45) is 0 Å². The van der Waals surface area contributed by atoms with Gasteiger partial charge in [0.15, 0.2) is 5.76 Å². The largest absolute Gasteiger partial charge is 0.480 e. The third kappa shape index (κ3) is 2.38. The third-order valence-electron chi connectivity index (χ3n) is 3.18. The Morgan fingerprint density at radius 3 is 2.61 bits per heavy atom. The SMILES string of the molecule is Cc1ccoc1C(=O)NC1(C(=O)O)CCSCC1. The molecule has 2 N–H and O–H groups in total. The summed E-state index contributed by atoms with van der Waals surface area (Å²) in [5.41, 5.74) is -0.445. The van der Waals surface area contributed by atoms with E-state index in [4.69, 9.17) is 4.42 Å². The number of amides is 1. The summed E-state index contributed by atoms with van der Waals surface area (Å²) in [5.74, 6) is 0.244. The molecule has 1 aromatic heterocycles. The minimum atomic E-state index is -1.15. The topological polar surface area (TPSA) is 79.5 Å². The Labute approximate surface area is 109 Å². The lowest BCUT2D eigenvalue weighted by molar-refractivity contribution is -0.144. The van der Waals surface area contributed by atoms with E-state index in [9.17, 15) is 14.7 Å². The van der Waals surface area contributed by atoms with Crippen LogP contribution in [0.5, 0.6) is 0 Å². The molecule has 2 heterocycles. The summed E-state index contributed by atoms with van der Waals surface area (Å²) in [5, 5.41) is 12.0. The zero-order valence-electron chi connectivity index (χ0n) is 10.1. The predicted octanol–water partition coefficient (Wildman–Crippen LogP) is 1.67. The fourth-order valence-electron chi connectivity index (χ4n) is 1.99. The Hall–Kier alpha value is -1.43. The maximum atomic E-state index is 12.0. The van der Waals surface area contributed by atoms with Crippen molar-refractivity contribution in [2.75, 3.05) is 11.5 Å². The molecule has 6 heteroatoms. The molecule has 1 amide bonds. The smallest absolute Gasteiger partial charge is 0.329 e. The second-order valence-corrected chi connectivity index (χ2v) is 5.61. The lowest BCUT2D eigenvalue weighted by Crippen LogP contribution is -2.56. The summed E-state index contributed by atoms with van der Waals surface area (Å²) in [6.45, 7) is 1.75. The zero-order chi connectivity index (χ0) is 13.2. The lowest BCUT2D eigenvalue weighted by Gasteiger charge is -2.33. The molecule has 98 valence electrons. The number of hydrogen-bond acceptors (Lipinski definition) is 4. The van der Waals surface area contributed by atoms with Crippen LogP contribution < -0.4 is 5.32 Å². The van der Waals surface area contributed by atoms with Crippen LogP contribution >= 0.6 is 11.8 Å². The van der Waals surface area contributed by atoms with Crippen LogP contribution in [0.15, 0.2) is 16.7 Å². The van der Waals surface area contributed by atoms with Crippen molar-refractivity contribution >= 4 is 23.6 Å². The molecule has 0 bridgehead atoms. The molecule has 1 fully saturated rings. The number of thioether (sulfide) groups is 1. The lowest BCUT2D eigenvalue weighted by atomic mass is 9.92. The molecule has 0 aliphatic carbocycles. The quantitative estimate of drug-likeness (QED) is 0.872. The van der Waals surface area contributed by atoms with Crippen LogP contribution in [0, 0.1) is 6.92 Å². The molecule has 0 atom stereocenters. The van der Waals surface area contributed by atoms with Crippen LogP contribution in [0.3, 0.4) is 0 Å². The second kappa shape index (κ2) is 5.06. The van der Waals surface area contributed by atoms with Crippen LogP contribution in [-0.2, 0) is 4.79 Å². The van der Waals surface area contributed by atoms with Gasteiger partial charge in [0.1, 0.15) is 5.54 Å². The fraction of sp³-hybridized carbons (Fsp3) is 0.500. The summed E-state index contributed by atoms with van der Waals surface area (Å²) >= 11 is 1.70. The number of carboxylic acids is 1. The Morgan fingerprint density at radius 2 is 2.11 bits per heavy atom. The number of rotatable bonds is 3. The molecule has 0 aromatic carbocycles. The summed E-state index contributed by atoms with van der Waals surface area (Å²) < 4.78 is 5.08. The van der Waals surface area contributed by atoms with Gasteiger partial charge in [-0.2, -0.15) is 11.8 Å². The van der Waals surface area contributed by atoms with Gasteiger partial charge in [-0.15, -0.1) is 0 Å². The van der Waals surface area contributed by atoms with E-state index in [-0.39, 0.29) is 5.76 Å². The van der Waals surface area contributed by atoms with Gasteiger partial charge in [0.2, 0.25) is 0 Å². The molecule has 1 aliphatic rings. The van der Waals surface area contributed by atoms with E-state index in [1.165, 1.54) is 6.26 Å². The maximum Gasteiger partial charge on any atom is 0.329 e.